The van der Waals surface area contributed by atoms with Crippen LogP contribution >= 0.6 is 0 Å². The Kier molecular flexibility index (Phi) is 3.96. The fourth-order valence-corrected chi connectivity index (χ4v) is 2.09. The molecular formula is C14H9F6N3O2. The minimum Gasteiger partial charge on any atom is -0.351 e. The summed E-state index contributed by atoms with van der Waals surface area (Å²) in [5, 5.41) is 5.30. The molecule has 3 rings (SSSR count). The lowest BCUT2D eigenvalue weighted by atomic mass is 10.1. The molecule has 1 saturated carbocycles. The van der Waals surface area contributed by atoms with Crippen LogP contribution in [0.15, 0.2) is 22.7 Å². The van der Waals surface area contributed by atoms with E-state index in [4.69, 9.17) is 0 Å². The normalized spacial score (nSPS) is 18.9. The van der Waals surface area contributed by atoms with Crippen LogP contribution in [0.5, 0.6) is 0 Å². The van der Waals surface area contributed by atoms with Crippen molar-refractivity contribution in [3.8, 4) is 11.4 Å². The SMILES string of the molecule is O=C(NCc1ccc(-c2noc(C(F)(F)F)n2)cc1F)C1CC1(F)F. The second-order valence-corrected chi connectivity index (χ2v) is 5.46. The van der Waals surface area contributed by atoms with Gasteiger partial charge in [-0.2, -0.15) is 18.2 Å². The van der Waals surface area contributed by atoms with E-state index in [1.807, 2.05) is 0 Å². The molecule has 0 spiro atoms. The van der Waals surface area contributed by atoms with Crippen molar-refractivity contribution in [3.05, 3.63) is 35.5 Å². The van der Waals surface area contributed by atoms with E-state index in [0.717, 1.165) is 6.07 Å². The summed E-state index contributed by atoms with van der Waals surface area (Å²) in [5.41, 5.74) is -0.0961. The number of nitrogens with one attached hydrogen (secondary N) is 1. The molecule has 25 heavy (non-hydrogen) atoms. The maximum Gasteiger partial charge on any atom is 0.471 e. The second-order valence-electron chi connectivity index (χ2n) is 5.46. The molecule has 1 atom stereocenters. The van der Waals surface area contributed by atoms with Gasteiger partial charge in [0.05, 0.1) is 0 Å². The number of hydrogen-bond donors (Lipinski definition) is 1. The van der Waals surface area contributed by atoms with Crippen LogP contribution in [0, 0.1) is 11.7 Å². The third-order valence-electron chi connectivity index (χ3n) is 3.58. The van der Waals surface area contributed by atoms with Gasteiger partial charge in [0.1, 0.15) is 11.7 Å². The smallest absolute Gasteiger partial charge is 0.351 e. The van der Waals surface area contributed by atoms with Crippen LogP contribution in [-0.2, 0) is 17.5 Å². The van der Waals surface area contributed by atoms with Crippen LogP contribution in [0.25, 0.3) is 11.4 Å². The maximum absolute atomic E-state index is 14.0. The van der Waals surface area contributed by atoms with E-state index in [9.17, 15) is 31.1 Å². The van der Waals surface area contributed by atoms with Gasteiger partial charge in [-0.3, -0.25) is 4.79 Å². The third kappa shape index (κ3) is 3.59. The summed E-state index contributed by atoms with van der Waals surface area (Å²) >= 11 is 0. The highest BCUT2D eigenvalue weighted by Crippen LogP contribution is 2.48. The van der Waals surface area contributed by atoms with E-state index < -0.39 is 47.9 Å². The first-order valence-electron chi connectivity index (χ1n) is 6.93. The fourth-order valence-electron chi connectivity index (χ4n) is 2.09. The predicted octanol–water partition coefficient (Wildman–Crippen LogP) is 3.17. The van der Waals surface area contributed by atoms with Gasteiger partial charge in [0.15, 0.2) is 0 Å². The molecule has 1 fully saturated rings. The van der Waals surface area contributed by atoms with Crippen LogP contribution in [0.2, 0.25) is 0 Å². The third-order valence-corrected chi connectivity index (χ3v) is 3.58. The number of nitrogens with zero attached hydrogens (tertiary/aromatic N) is 2. The van der Waals surface area contributed by atoms with Crippen LogP contribution in [-0.4, -0.2) is 22.0 Å². The van der Waals surface area contributed by atoms with E-state index in [2.05, 4.69) is 20.0 Å². The monoisotopic (exact) mass is 365 g/mol. The van der Waals surface area contributed by atoms with Crippen molar-refractivity contribution < 1.29 is 35.7 Å². The van der Waals surface area contributed by atoms with Crippen molar-refractivity contribution in [3.63, 3.8) is 0 Å². The standard InChI is InChI=1S/C14H9F6N3O2/c15-9-3-6(10-22-12(25-23-10)14(18,19)20)1-2-7(9)5-21-11(24)8-4-13(8,16)17/h1-3,8H,4-5H2,(H,21,24). The van der Waals surface area contributed by atoms with Crippen LogP contribution in [0.3, 0.4) is 0 Å². The molecule has 0 bridgehead atoms. The number of halogens is 6. The molecule has 1 heterocycles. The summed E-state index contributed by atoms with van der Waals surface area (Å²) in [6.45, 7) is -0.336. The number of carbonyl (C=O) groups excluding carboxylic acids is 1. The van der Waals surface area contributed by atoms with Crippen molar-refractivity contribution in [2.24, 2.45) is 5.92 Å². The number of hydrogen-bond acceptors (Lipinski definition) is 4. The molecule has 1 amide bonds. The van der Waals surface area contributed by atoms with E-state index >= 15 is 0 Å². The Bertz CT molecular complexity index is 817. The van der Waals surface area contributed by atoms with Gasteiger partial charge in [-0.15, -0.1) is 0 Å². The Morgan fingerprint density at radius 3 is 2.56 bits per heavy atom. The highest BCUT2D eigenvalue weighted by molar-refractivity contribution is 5.82. The Labute approximate surface area is 136 Å². The fraction of sp³-hybridized carbons (Fsp3) is 0.357. The lowest BCUT2D eigenvalue weighted by Crippen LogP contribution is -2.27. The average molecular weight is 365 g/mol. The van der Waals surface area contributed by atoms with Gasteiger partial charge in [0.2, 0.25) is 11.7 Å². The number of carbonyl (C=O) groups is 1. The van der Waals surface area contributed by atoms with Crippen LogP contribution in [0.1, 0.15) is 17.9 Å². The van der Waals surface area contributed by atoms with E-state index in [1.54, 1.807) is 0 Å². The average Bonchev–Trinajstić information content (AvgIpc) is 2.95. The molecule has 1 aliphatic rings. The minimum atomic E-state index is -4.82. The van der Waals surface area contributed by atoms with Gasteiger partial charge in [-0.05, 0) is 6.07 Å². The molecule has 1 unspecified atom stereocenters. The van der Waals surface area contributed by atoms with Gasteiger partial charge in [-0.1, -0.05) is 17.3 Å². The minimum absolute atomic E-state index is 0.0272. The molecule has 2 aromatic rings. The zero-order valence-electron chi connectivity index (χ0n) is 12.2. The largest absolute Gasteiger partial charge is 0.471 e. The summed E-state index contributed by atoms with van der Waals surface area (Å²) in [6.07, 6.45) is -5.36. The molecule has 1 aromatic carbocycles. The molecule has 1 aliphatic carbocycles. The Morgan fingerprint density at radius 1 is 1.36 bits per heavy atom. The summed E-state index contributed by atoms with van der Waals surface area (Å²) in [7, 11) is 0. The Hall–Kier alpha value is -2.59. The first kappa shape index (κ1) is 17.2. The summed E-state index contributed by atoms with van der Waals surface area (Å²) in [5.74, 6) is -8.21. The topological polar surface area (TPSA) is 68.0 Å². The van der Waals surface area contributed by atoms with E-state index in [1.165, 1.54) is 12.1 Å². The molecule has 5 nitrogen and oxygen atoms in total. The molecule has 134 valence electrons. The summed E-state index contributed by atoms with van der Waals surface area (Å²) < 4.78 is 80.7. The zero-order chi connectivity index (χ0) is 18.4. The van der Waals surface area contributed by atoms with Gasteiger partial charge < -0.3 is 9.84 Å². The van der Waals surface area contributed by atoms with Crippen molar-refractivity contribution >= 4 is 5.91 Å². The second kappa shape index (κ2) is 5.74. The first-order chi connectivity index (χ1) is 11.6. The quantitative estimate of drug-likeness (QED) is 0.846. The lowest BCUT2D eigenvalue weighted by Gasteiger charge is -2.07. The van der Waals surface area contributed by atoms with Crippen molar-refractivity contribution in [2.75, 3.05) is 0 Å². The first-order valence-corrected chi connectivity index (χ1v) is 6.93. The molecule has 0 radical (unpaired) electrons. The Morgan fingerprint density at radius 2 is 2.04 bits per heavy atom. The number of benzene rings is 1. The number of alkyl halides is 5. The molecule has 1 aromatic heterocycles. The molecule has 1 N–H and O–H groups in total. The molecular weight excluding hydrogens is 356 g/mol. The molecule has 0 aliphatic heterocycles. The van der Waals surface area contributed by atoms with Crippen LogP contribution < -0.4 is 5.32 Å². The van der Waals surface area contributed by atoms with E-state index in [-0.39, 0.29) is 17.7 Å². The van der Waals surface area contributed by atoms with Gasteiger partial charge in [-0.25, -0.2) is 13.2 Å². The zero-order valence-corrected chi connectivity index (χ0v) is 12.2. The molecule has 11 heteroatoms. The molecule has 0 saturated heterocycles. The van der Waals surface area contributed by atoms with Gasteiger partial charge in [0, 0.05) is 24.1 Å². The van der Waals surface area contributed by atoms with Crippen molar-refractivity contribution in [2.45, 2.75) is 25.1 Å². The Balaban J connectivity index is 1.69. The van der Waals surface area contributed by atoms with Crippen molar-refractivity contribution in [1.82, 2.24) is 15.5 Å². The maximum atomic E-state index is 14.0. The van der Waals surface area contributed by atoms with Gasteiger partial charge >= 0.3 is 12.1 Å². The highest BCUT2D eigenvalue weighted by Gasteiger charge is 2.61. The van der Waals surface area contributed by atoms with Crippen LogP contribution in [0.4, 0.5) is 26.3 Å². The summed E-state index contributed by atoms with van der Waals surface area (Å²) in [4.78, 5) is 14.6. The summed E-state index contributed by atoms with van der Waals surface area (Å²) in [6, 6.07) is 3.26. The number of aromatic nitrogens is 2. The highest BCUT2D eigenvalue weighted by atomic mass is 19.4. The number of amides is 1. The predicted molar refractivity (Wildman–Crippen MR) is 69.6 cm³/mol. The van der Waals surface area contributed by atoms with Gasteiger partial charge in [0.25, 0.3) is 5.92 Å². The van der Waals surface area contributed by atoms with Crippen molar-refractivity contribution in [1.29, 1.82) is 0 Å². The van der Waals surface area contributed by atoms with E-state index in [0.29, 0.717) is 0 Å². The number of rotatable bonds is 4. The lowest BCUT2D eigenvalue weighted by molar-refractivity contribution is -0.159.